The van der Waals surface area contributed by atoms with Gasteiger partial charge in [-0.15, -0.1) is 0 Å². The van der Waals surface area contributed by atoms with E-state index in [2.05, 4.69) is 5.32 Å². The first-order valence-corrected chi connectivity index (χ1v) is 6.68. The minimum atomic E-state index is -0.886. The van der Waals surface area contributed by atoms with Crippen LogP contribution < -0.4 is 5.32 Å². The standard InChI is InChI=1S/C15H22N2O3/c1-11-6-4-5-7-13(11)16-9-8-14(18)17(3)10-12(2)15(19)20/h4-7,12,16H,8-10H2,1-3H3,(H,19,20). The molecule has 2 N–H and O–H groups in total. The van der Waals surface area contributed by atoms with Crippen molar-refractivity contribution in [2.45, 2.75) is 20.3 Å². The van der Waals surface area contributed by atoms with E-state index in [1.165, 1.54) is 4.90 Å². The zero-order valence-corrected chi connectivity index (χ0v) is 12.2. The number of benzene rings is 1. The van der Waals surface area contributed by atoms with Gasteiger partial charge in [0.25, 0.3) is 0 Å². The lowest BCUT2D eigenvalue weighted by molar-refractivity contribution is -0.142. The van der Waals surface area contributed by atoms with Crippen molar-refractivity contribution in [1.29, 1.82) is 0 Å². The van der Waals surface area contributed by atoms with Gasteiger partial charge in [-0.1, -0.05) is 25.1 Å². The molecule has 1 rings (SSSR count). The predicted octanol–water partition coefficient (Wildman–Crippen LogP) is 1.98. The summed E-state index contributed by atoms with van der Waals surface area (Å²) in [4.78, 5) is 24.1. The van der Waals surface area contributed by atoms with Gasteiger partial charge in [0.15, 0.2) is 0 Å². The van der Waals surface area contributed by atoms with Gasteiger partial charge in [0.05, 0.1) is 5.92 Å². The van der Waals surface area contributed by atoms with Crippen molar-refractivity contribution in [3.05, 3.63) is 29.8 Å². The third-order valence-corrected chi connectivity index (χ3v) is 3.19. The van der Waals surface area contributed by atoms with Crippen LogP contribution in [0.3, 0.4) is 0 Å². The fraction of sp³-hybridized carbons (Fsp3) is 0.467. The molecule has 0 heterocycles. The Bertz CT molecular complexity index is 474. The van der Waals surface area contributed by atoms with Crippen molar-refractivity contribution in [2.24, 2.45) is 5.92 Å². The topological polar surface area (TPSA) is 69.6 Å². The first-order chi connectivity index (χ1) is 9.41. The van der Waals surface area contributed by atoms with Gasteiger partial charge in [-0.05, 0) is 18.6 Å². The van der Waals surface area contributed by atoms with Crippen LogP contribution in [0.4, 0.5) is 5.69 Å². The molecule has 1 aromatic rings. The molecule has 0 aliphatic rings. The molecule has 0 radical (unpaired) electrons. The third-order valence-electron chi connectivity index (χ3n) is 3.19. The first kappa shape index (κ1) is 16.0. The lowest BCUT2D eigenvalue weighted by Gasteiger charge is -2.19. The predicted molar refractivity (Wildman–Crippen MR) is 78.7 cm³/mol. The molecule has 1 unspecified atom stereocenters. The number of hydrogen-bond donors (Lipinski definition) is 2. The van der Waals surface area contributed by atoms with E-state index in [0.717, 1.165) is 11.3 Å². The lowest BCUT2D eigenvalue weighted by atomic mass is 10.1. The van der Waals surface area contributed by atoms with E-state index in [1.807, 2.05) is 31.2 Å². The van der Waals surface area contributed by atoms with Gasteiger partial charge in [-0.2, -0.15) is 0 Å². The SMILES string of the molecule is Cc1ccccc1NCCC(=O)N(C)CC(C)C(=O)O. The largest absolute Gasteiger partial charge is 0.481 e. The average molecular weight is 278 g/mol. The quantitative estimate of drug-likeness (QED) is 0.800. The van der Waals surface area contributed by atoms with E-state index in [1.54, 1.807) is 14.0 Å². The second-order valence-corrected chi connectivity index (χ2v) is 5.01. The lowest BCUT2D eigenvalue weighted by Crippen LogP contribution is -2.34. The monoisotopic (exact) mass is 278 g/mol. The van der Waals surface area contributed by atoms with Gasteiger partial charge >= 0.3 is 5.97 Å². The van der Waals surface area contributed by atoms with Crippen molar-refractivity contribution in [1.82, 2.24) is 4.90 Å². The molecule has 0 fully saturated rings. The molecule has 0 saturated heterocycles. The Labute approximate surface area is 119 Å². The third kappa shape index (κ3) is 4.91. The summed E-state index contributed by atoms with van der Waals surface area (Å²) in [5.41, 5.74) is 2.15. The second-order valence-electron chi connectivity index (χ2n) is 5.01. The highest BCUT2D eigenvalue weighted by molar-refractivity contribution is 5.77. The van der Waals surface area contributed by atoms with Crippen LogP contribution in [0.5, 0.6) is 0 Å². The van der Waals surface area contributed by atoms with Crippen LogP contribution in [-0.2, 0) is 9.59 Å². The van der Waals surface area contributed by atoms with Crippen LogP contribution in [0.15, 0.2) is 24.3 Å². The van der Waals surface area contributed by atoms with Crippen molar-refractivity contribution < 1.29 is 14.7 Å². The summed E-state index contributed by atoms with van der Waals surface area (Å²) in [6.45, 7) is 4.37. The number of carbonyl (C=O) groups is 2. The van der Waals surface area contributed by atoms with Crippen LogP contribution in [0.25, 0.3) is 0 Å². The van der Waals surface area contributed by atoms with E-state index >= 15 is 0 Å². The molecule has 5 heteroatoms. The normalized spacial score (nSPS) is 11.8. The number of para-hydroxylation sites is 1. The van der Waals surface area contributed by atoms with Crippen LogP contribution in [0, 0.1) is 12.8 Å². The van der Waals surface area contributed by atoms with E-state index in [4.69, 9.17) is 5.11 Å². The summed E-state index contributed by atoms with van der Waals surface area (Å²) < 4.78 is 0. The van der Waals surface area contributed by atoms with Gasteiger partial charge in [0.1, 0.15) is 0 Å². The van der Waals surface area contributed by atoms with Crippen molar-refractivity contribution >= 4 is 17.6 Å². The number of aliphatic carboxylic acids is 1. The Hall–Kier alpha value is -2.04. The van der Waals surface area contributed by atoms with E-state index in [9.17, 15) is 9.59 Å². The Morgan fingerprint density at radius 1 is 1.35 bits per heavy atom. The fourth-order valence-corrected chi connectivity index (χ4v) is 1.86. The number of anilines is 1. The maximum absolute atomic E-state index is 11.9. The summed E-state index contributed by atoms with van der Waals surface area (Å²) in [6, 6.07) is 7.88. The Morgan fingerprint density at radius 3 is 2.60 bits per heavy atom. The summed E-state index contributed by atoms with van der Waals surface area (Å²) in [5.74, 6) is -1.49. The smallest absolute Gasteiger partial charge is 0.308 e. The van der Waals surface area contributed by atoms with Gasteiger partial charge in [0, 0.05) is 32.2 Å². The van der Waals surface area contributed by atoms with Crippen LogP contribution in [-0.4, -0.2) is 42.0 Å². The fourth-order valence-electron chi connectivity index (χ4n) is 1.86. The molecule has 1 atom stereocenters. The number of carbonyl (C=O) groups excluding carboxylic acids is 1. The first-order valence-electron chi connectivity index (χ1n) is 6.68. The zero-order chi connectivity index (χ0) is 15.1. The van der Waals surface area contributed by atoms with Gasteiger partial charge in [-0.3, -0.25) is 9.59 Å². The molecule has 20 heavy (non-hydrogen) atoms. The summed E-state index contributed by atoms with van der Waals surface area (Å²) in [5, 5.41) is 12.0. The molecule has 5 nitrogen and oxygen atoms in total. The summed E-state index contributed by atoms with van der Waals surface area (Å²) in [6.07, 6.45) is 0.344. The minimum absolute atomic E-state index is 0.0563. The molecule has 1 amide bonds. The average Bonchev–Trinajstić information content (AvgIpc) is 2.40. The molecule has 0 aromatic heterocycles. The van der Waals surface area contributed by atoms with Crippen molar-refractivity contribution in [2.75, 3.05) is 25.5 Å². The Morgan fingerprint density at radius 2 is 2.00 bits per heavy atom. The number of aryl methyl sites for hydroxylation is 1. The van der Waals surface area contributed by atoms with Crippen LogP contribution in [0.2, 0.25) is 0 Å². The van der Waals surface area contributed by atoms with Crippen molar-refractivity contribution in [3.63, 3.8) is 0 Å². The van der Waals surface area contributed by atoms with Gasteiger partial charge in [-0.25, -0.2) is 0 Å². The number of amides is 1. The molecule has 0 bridgehead atoms. The zero-order valence-electron chi connectivity index (χ0n) is 12.2. The summed E-state index contributed by atoms with van der Waals surface area (Å²) >= 11 is 0. The number of carboxylic acid groups (broad SMARTS) is 1. The second kappa shape index (κ2) is 7.53. The van der Waals surface area contributed by atoms with Gasteiger partial charge in [0.2, 0.25) is 5.91 Å². The number of carboxylic acids is 1. The number of nitrogens with one attached hydrogen (secondary N) is 1. The number of hydrogen-bond acceptors (Lipinski definition) is 3. The van der Waals surface area contributed by atoms with E-state index < -0.39 is 11.9 Å². The molecule has 1 aromatic carbocycles. The molecule has 0 aliphatic carbocycles. The Balaban J connectivity index is 2.36. The summed E-state index contributed by atoms with van der Waals surface area (Å²) in [7, 11) is 1.63. The van der Waals surface area contributed by atoms with Crippen molar-refractivity contribution in [3.8, 4) is 0 Å². The van der Waals surface area contributed by atoms with Crippen LogP contribution >= 0.6 is 0 Å². The highest BCUT2D eigenvalue weighted by Crippen LogP contribution is 2.12. The highest BCUT2D eigenvalue weighted by Gasteiger charge is 2.16. The number of nitrogens with zero attached hydrogens (tertiary/aromatic N) is 1. The van der Waals surface area contributed by atoms with Gasteiger partial charge < -0.3 is 15.3 Å². The maximum Gasteiger partial charge on any atom is 0.308 e. The van der Waals surface area contributed by atoms with E-state index in [-0.39, 0.29) is 12.5 Å². The van der Waals surface area contributed by atoms with E-state index in [0.29, 0.717) is 13.0 Å². The molecular formula is C15H22N2O3. The molecule has 0 saturated carbocycles. The molecule has 110 valence electrons. The maximum atomic E-state index is 11.9. The molecule has 0 spiro atoms. The number of rotatable bonds is 7. The minimum Gasteiger partial charge on any atom is -0.481 e. The highest BCUT2D eigenvalue weighted by atomic mass is 16.4. The Kier molecular flexibility index (Phi) is 6.03. The molecule has 0 aliphatic heterocycles. The van der Waals surface area contributed by atoms with Crippen LogP contribution in [0.1, 0.15) is 18.9 Å². The molecular weight excluding hydrogens is 256 g/mol.